The molecule has 0 aliphatic rings. The highest BCUT2D eigenvalue weighted by molar-refractivity contribution is 5.45. The van der Waals surface area contributed by atoms with Crippen LogP contribution in [0.4, 0.5) is 5.69 Å². The average Bonchev–Trinajstić information content (AvgIpc) is 2.40. The lowest BCUT2D eigenvalue weighted by atomic mass is 10.2. The Balaban J connectivity index is 2.13. The topological polar surface area (TPSA) is 34.1 Å². The van der Waals surface area contributed by atoms with Crippen LogP contribution >= 0.6 is 0 Å². The highest BCUT2D eigenvalue weighted by Crippen LogP contribution is 2.23. The maximum atomic E-state index is 5.72. The largest absolute Gasteiger partial charge is 0.456 e. The minimum Gasteiger partial charge on any atom is -0.456 e. The second-order valence-electron chi connectivity index (χ2n) is 3.76. The first-order chi connectivity index (χ1) is 8.31. The van der Waals surface area contributed by atoms with E-state index in [9.17, 15) is 0 Å². The number of rotatable bonds is 4. The molecule has 0 spiro atoms. The number of hydrogen-bond acceptors (Lipinski definition) is 3. The average molecular weight is 228 g/mol. The summed E-state index contributed by atoms with van der Waals surface area (Å²) in [5.41, 5.74) is 2.24. The van der Waals surface area contributed by atoms with Gasteiger partial charge in [-0.2, -0.15) is 0 Å². The molecule has 1 aromatic heterocycles. The van der Waals surface area contributed by atoms with Gasteiger partial charge in [0.25, 0.3) is 0 Å². The van der Waals surface area contributed by atoms with E-state index in [2.05, 4.69) is 29.4 Å². The van der Waals surface area contributed by atoms with Crippen molar-refractivity contribution >= 4 is 5.69 Å². The zero-order valence-corrected chi connectivity index (χ0v) is 10.1. The van der Waals surface area contributed by atoms with Gasteiger partial charge in [-0.15, -0.1) is 0 Å². The van der Waals surface area contributed by atoms with Crippen molar-refractivity contribution in [2.75, 3.05) is 12.4 Å². The lowest BCUT2D eigenvalue weighted by Crippen LogP contribution is -1.91. The molecule has 3 heteroatoms. The standard InChI is InChI=1S/C14H16N2O/c1-3-11-4-6-13(7-5-11)17-14-8-12(15-2)9-16-10-14/h4-10,15H,3H2,1-2H3. The smallest absolute Gasteiger partial charge is 0.147 e. The third-order valence-corrected chi connectivity index (χ3v) is 2.57. The number of hydrogen-bond donors (Lipinski definition) is 1. The van der Waals surface area contributed by atoms with E-state index in [0.717, 1.165) is 23.6 Å². The lowest BCUT2D eigenvalue weighted by molar-refractivity contribution is 0.480. The first-order valence-corrected chi connectivity index (χ1v) is 5.71. The number of aromatic nitrogens is 1. The summed E-state index contributed by atoms with van der Waals surface area (Å²) in [5, 5.41) is 3.03. The molecule has 0 aliphatic carbocycles. The number of benzene rings is 1. The van der Waals surface area contributed by atoms with Crippen LogP contribution < -0.4 is 10.1 Å². The van der Waals surface area contributed by atoms with Gasteiger partial charge < -0.3 is 10.1 Å². The molecular formula is C14H16N2O. The Hall–Kier alpha value is -2.03. The minimum absolute atomic E-state index is 0.737. The van der Waals surface area contributed by atoms with Crippen LogP contribution in [-0.2, 0) is 6.42 Å². The van der Waals surface area contributed by atoms with Crippen molar-refractivity contribution in [2.45, 2.75) is 13.3 Å². The normalized spacial score (nSPS) is 10.0. The van der Waals surface area contributed by atoms with E-state index in [4.69, 9.17) is 4.74 Å². The summed E-state index contributed by atoms with van der Waals surface area (Å²) in [6.07, 6.45) is 4.50. The predicted octanol–water partition coefficient (Wildman–Crippen LogP) is 3.48. The molecule has 0 saturated heterocycles. The number of ether oxygens (including phenoxy) is 1. The fourth-order valence-corrected chi connectivity index (χ4v) is 1.54. The van der Waals surface area contributed by atoms with E-state index >= 15 is 0 Å². The maximum Gasteiger partial charge on any atom is 0.147 e. The monoisotopic (exact) mass is 228 g/mol. The number of pyridine rings is 1. The molecule has 2 aromatic rings. The number of nitrogens with zero attached hydrogens (tertiary/aromatic N) is 1. The molecule has 0 unspecified atom stereocenters. The molecule has 0 bridgehead atoms. The van der Waals surface area contributed by atoms with Crippen LogP contribution in [0.5, 0.6) is 11.5 Å². The van der Waals surface area contributed by atoms with Crippen molar-refractivity contribution in [1.29, 1.82) is 0 Å². The van der Waals surface area contributed by atoms with E-state index in [0.29, 0.717) is 0 Å². The fourth-order valence-electron chi connectivity index (χ4n) is 1.54. The van der Waals surface area contributed by atoms with Gasteiger partial charge >= 0.3 is 0 Å². The summed E-state index contributed by atoms with van der Waals surface area (Å²) in [4.78, 5) is 4.10. The molecule has 1 aromatic carbocycles. The van der Waals surface area contributed by atoms with Crippen molar-refractivity contribution in [3.8, 4) is 11.5 Å². The van der Waals surface area contributed by atoms with Crippen LogP contribution in [0.15, 0.2) is 42.7 Å². The van der Waals surface area contributed by atoms with Gasteiger partial charge in [-0.05, 0) is 24.1 Å². The zero-order valence-electron chi connectivity index (χ0n) is 10.1. The molecule has 0 radical (unpaired) electrons. The first kappa shape index (κ1) is 11.5. The number of aryl methyl sites for hydroxylation is 1. The Morgan fingerprint density at radius 2 is 1.88 bits per heavy atom. The van der Waals surface area contributed by atoms with Gasteiger partial charge in [0.1, 0.15) is 11.5 Å². The Morgan fingerprint density at radius 3 is 2.53 bits per heavy atom. The molecule has 1 heterocycles. The molecular weight excluding hydrogens is 212 g/mol. The summed E-state index contributed by atoms with van der Waals surface area (Å²) < 4.78 is 5.72. The van der Waals surface area contributed by atoms with E-state index in [1.807, 2.05) is 25.2 Å². The molecule has 0 saturated carbocycles. The highest BCUT2D eigenvalue weighted by atomic mass is 16.5. The molecule has 0 amide bonds. The number of anilines is 1. The van der Waals surface area contributed by atoms with E-state index in [1.165, 1.54) is 5.56 Å². The van der Waals surface area contributed by atoms with Crippen molar-refractivity contribution < 1.29 is 4.74 Å². The van der Waals surface area contributed by atoms with Crippen molar-refractivity contribution in [3.63, 3.8) is 0 Å². The summed E-state index contributed by atoms with van der Waals surface area (Å²) >= 11 is 0. The molecule has 3 nitrogen and oxygen atoms in total. The van der Waals surface area contributed by atoms with Crippen molar-refractivity contribution in [2.24, 2.45) is 0 Å². The van der Waals surface area contributed by atoms with Gasteiger partial charge in [0.05, 0.1) is 18.1 Å². The Bertz CT molecular complexity index is 480. The quantitative estimate of drug-likeness (QED) is 0.870. The van der Waals surface area contributed by atoms with Gasteiger partial charge in [-0.1, -0.05) is 19.1 Å². The third kappa shape index (κ3) is 2.97. The van der Waals surface area contributed by atoms with E-state index in [-0.39, 0.29) is 0 Å². The van der Waals surface area contributed by atoms with Crippen LogP contribution in [0.3, 0.4) is 0 Å². The maximum absolute atomic E-state index is 5.72. The summed E-state index contributed by atoms with van der Waals surface area (Å²) in [5.74, 6) is 1.57. The van der Waals surface area contributed by atoms with Crippen LogP contribution in [0, 0.1) is 0 Å². The molecule has 0 atom stereocenters. The second kappa shape index (κ2) is 5.34. The van der Waals surface area contributed by atoms with Gasteiger partial charge in [0, 0.05) is 13.1 Å². The Morgan fingerprint density at radius 1 is 1.12 bits per heavy atom. The summed E-state index contributed by atoms with van der Waals surface area (Å²) in [6, 6.07) is 10.0. The Labute approximate surface area is 101 Å². The van der Waals surface area contributed by atoms with Crippen LogP contribution in [0.25, 0.3) is 0 Å². The zero-order chi connectivity index (χ0) is 12.1. The SMILES string of the molecule is CCc1ccc(Oc2cncc(NC)c2)cc1. The molecule has 17 heavy (non-hydrogen) atoms. The minimum atomic E-state index is 0.737. The summed E-state index contributed by atoms with van der Waals surface area (Å²) in [7, 11) is 1.86. The van der Waals surface area contributed by atoms with Gasteiger partial charge in [-0.3, -0.25) is 4.98 Å². The Kier molecular flexibility index (Phi) is 3.60. The highest BCUT2D eigenvalue weighted by Gasteiger charge is 1.99. The van der Waals surface area contributed by atoms with Gasteiger partial charge in [0.15, 0.2) is 0 Å². The molecule has 0 aliphatic heterocycles. The van der Waals surface area contributed by atoms with Crippen LogP contribution in [0.1, 0.15) is 12.5 Å². The molecule has 1 N–H and O–H groups in total. The van der Waals surface area contributed by atoms with Crippen LogP contribution in [0.2, 0.25) is 0 Å². The van der Waals surface area contributed by atoms with Crippen molar-refractivity contribution in [3.05, 3.63) is 48.3 Å². The second-order valence-corrected chi connectivity index (χ2v) is 3.76. The predicted molar refractivity (Wildman–Crippen MR) is 69.7 cm³/mol. The molecule has 0 fully saturated rings. The van der Waals surface area contributed by atoms with Gasteiger partial charge in [0.2, 0.25) is 0 Å². The van der Waals surface area contributed by atoms with E-state index < -0.39 is 0 Å². The lowest BCUT2D eigenvalue weighted by Gasteiger charge is -2.07. The third-order valence-electron chi connectivity index (χ3n) is 2.57. The molecule has 2 rings (SSSR count). The first-order valence-electron chi connectivity index (χ1n) is 5.71. The van der Waals surface area contributed by atoms with Gasteiger partial charge in [-0.25, -0.2) is 0 Å². The summed E-state index contributed by atoms with van der Waals surface area (Å²) in [6.45, 7) is 2.14. The fraction of sp³-hybridized carbons (Fsp3) is 0.214. The molecule has 88 valence electrons. The van der Waals surface area contributed by atoms with E-state index in [1.54, 1.807) is 12.4 Å². The van der Waals surface area contributed by atoms with Crippen LogP contribution in [-0.4, -0.2) is 12.0 Å². The number of nitrogens with one attached hydrogen (secondary N) is 1. The van der Waals surface area contributed by atoms with Crippen molar-refractivity contribution in [1.82, 2.24) is 4.98 Å².